The first-order valence-corrected chi connectivity index (χ1v) is 7.65. The molecule has 0 fully saturated rings. The van der Waals surface area contributed by atoms with E-state index in [0.717, 1.165) is 30.0 Å². The van der Waals surface area contributed by atoms with Gasteiger partial charge >= 0.3 is 0 Å². The Balaban J connectivity index is 3.02. The first-order valence-electron chi connectivity index (χ1n) is 7.65. The zero-order valence-electron chi connectivity index (χ0n) is 14.2. The van der Waals surface area contributed by atoms with Crippen LogP contribution >= 0.6 is 0 Å². The summed E-state index contributed by atoms with van der Waals surface area (Å²) >= 11 is 0. The molecule has 0 radical (unpaired) electrons. The molecule has 118 valence electrons. The average molecular weight is 291 g/mol. The van der Waals surface area contributed by atoms with E-state index in [4.69, 9.17) is 9.47 Å². The van der Waals surface area contributed by atoms with E-state index in [1.54, 1.807) is 7.11 Å². The molecule has 0 heterocycles. The Kier molecular flexibility index (Phi) is 6.76. The third-order valence-electron chi connectivity index (χ3n) is 3.17. The lowest BCUT2D eigenvalue weighted by atomic mass is 10.0. The second kappa shape index (κ2) is 8.08. The van der Waals surface area contributed by atoms with Gasteiger partial charge in [-0.1, -0.05) is 30.7 Å². The van der Waals surface area contributed by atoms with Crippen LogP contribution in [0.1, 0.15) is 46.6 Å². The molecule has 0 unspecified atom stereocenters. The summed E-state index contributed by atoms with van der Waals surface area (Å²) in [7, 11) is 1.69. The molecule has 1 aromatic carbocycles. The van der Waals surface area contributed by atoms with Gasteiger partial charge in [0, 0.05) is 17.6 Å². The highest BCUT2D eigenvalue weighted by molar-refractivity contribution is 5.64. The lowest BCUT2D eigenvalue weighted by molar-refractivity contribution is 0.310. The van der Waals surface area contributed by atoms with Crippen molar-refractivity contribution in [2.45, 2.75) is 46.6 Å². The quantitative estimate of drug-likeness (QED) is 0.813. The van der Waals surface area contributed by atoms with Gasteiger partial charge in [0.1, 0.15) is 0 Å². The van der Waals surface area contributed by atoms with Crippen LogP contribution in [0.25, 0.3) is 6.08 Å². The van der Waals surface area contributed by atoms with Gasteiger partial charge in [-0.25, -0.2) is 0 Å². The molecule has 0 bridgehead atoms. The molecule has 3 nitrogen and oxygen atoms in total. The largest absolute Gasteiger partial charge is 0.492 e. The lowest BCUT2D eigenvalue weighted by Gasteiger charge is -2.21. The van der Waals surface area contributed by atoms with Gasteiger partial charge in [0.05, 0.1) is 13.7 Å². The van der Waals surface area contributed by atoms with Gasteiger partial charge in [0.25, 0.3) is 0 Å². The van der Waals surface area contributed by atoms with Gasteiger partial charge in [-0.3, -0.25) is 0 Å². The van der Waals surface area contributed by atoms with Crippen LogP contribution in [-0.4, -0.2) is 25.8 Å². The Morgan fingerprint density at radius 3 is 2.48 bits per heavy atom. The minimum absolute atomic E-state index is 0.117. The van der Waals surface area contributed by atoms with E-state index >= 15 is 0 Å². The monoisotopic (exact) mass is 291 g/mol. The van der Waals surface area contributed by atoms with E-state index in [1.165, 1.54) is 5.57 Å². The molecule has 1 aromatic rings. The topological polar surface area (TPSA) is 30.5 Å². The minimum Gasteiger partial charge on any atom is -0.492 e. The Hall–Kier alpha value is -1.48. The van der Waals surface area contributed by atoms with Crippen LogP contribution in [0.3, 0.4) is 0 Å². The van der Waals surface area contributed by atoms with Gasteiger partial charge in [0.15, 0.2) is 11.5 Å². The third-order valence-corrected chi connectivity index (χ3v) is 3.17. The maximum Gasteiger partial charge on any atom is 0.167 e. The number of methoxy groups -OCH3 is 1. The van der Waals surface area contributed by atoms with Crippen molar-refractivity contribution >= 4 is 6.08 Å². The molecule has 0 amide bonds. The molecule has 3 heteroatoms. The fourth-order valence-corrected chi connectivity index (χ4v) is 2.01. The standard InChI is InChI=1S/C18H29NO2/c1-7-14(13-19-18(3,4)5)12-15-10-9-11-16(21-8-2)17(15)20-6/h9-12,19H,7-8,13H2,1-6H3. The number of rotatable bonds is 7. The summed E-state index contributed by atoms with van der Waals surface area (Å²) in [6, 6.07) is 6.01. The van der Waals surface area contributed by atoms with E-state index in [9.17, 15) is 0 Å². The molecule has 21 heavy (non-hydrogen) atoms. The van der Waals surface area contributed by atoms with Crippen LogP contribution in [0, 0.1) is 0 Å². The number of hydrogen-bond donors (Lipinski definition) is 1. The molecule has 0 spiro atoms. The zero-order valence-corrected chi connectivity index (χ0v) is 14.2. The highest BCUT2D eigenvalue weighted by atomic mass is 16.5. The summed E-state index contributed by atoms with van der Waals surface area (Å²) in [6.45, 7) is 12.2. The summed E-state index contributed by atoms with van der Waals surface area (Å²) in [4.78, 5) is 0. The number of ether oxygens (including phenoxy) is 2. The first kappa shape index (κ1) is 17.6. The van der Waals surface area contributed by atoms with E-state index in [1.807, 2.05) is 19.1 Å². The molecule has 1 rings (SSSR count). The molecule has 0 atom stereocenters. The molecule has 0 aromatic heterocycles. The predicted molar refractivity (Wildman–Crippen MR) is 90.2 cm³/mol. The molecule has 0 aliphatic carbocycles. The Labute approximate surface area is 129 Å². The van der Waals surface area contributed by atoms with Crippen LogP contribution in [0.2, 0.25) is 0 Å². The van der Waals surface area contributed by atoms with Crippen molar-refractivity contribution in [1.29, 1.82) is 0 Å². The van der Waals surface area contributed by atoms with Crippen LogP contribution < -0.4 is 14.8 Å². The van der Waals surface area contributed by atoms with Crippen molar-refractivity contribution in [1.82, 2.24) is 5.32 Å². The number of para-hydroxylation sites is 1. The van der Waals surface area contributed by atoms with Crippen molar-refractivity contribution in [2.24, 2.45) is 0 Å². The minimum atomic E-state index is 0.117. The Bertz CT molecular complexity index is 473. The Morgan fingerprint density at radius 1 is 1.24 bits per heavy atom. The smallest absolute Gasteiger partial charge is 0.167 e. The molecular weight excluding hydrogens is 262 g/mol. The van der Waals surface area contributed by atoms with Crippen LogP contribution in [0.5, 0.6) is 11.5 Å². The Morgan fingerprint density at radius 2 is 1.95 bits per heavy atom. The number of benzene rings is 1. The summed E-state index contributed by atoms with van der Waals surface area (Å²) in [5.74, 6) is 1.61. The second-order valence-electron chi connectivity index (χ2n) is 6.07. The van der Waals surface area contributed by atoms with E-state index in [-0.39, 0.29) is 5.54 Å². The van der Waals surface area contributed by atoms with Crippen molar-refractivity contribution in [3.8, 4) is 11.5 Å². The number of hydrogen-bond acceptors (Lipinski definition) is 3. The normalized spacial score (nSPS) is 12.4. The number of nitrogens with one attached hydrogen (secondary N) is 1. The SMILES string of the molecule is CCOc1cccc(C=C(CC)CNC(C)(C)C)c1OC. The van der Waals surface area contributed by atoms with E-state index in [0.29, 0.717) is 6.61 Å². The molecule has 1 N–H and O–H groups in total. The summed E-state index contributed by atoms with van der Waals surface area (Å²) in [5.41, 5.74) is 2.53. The van der Waals surface area contributed by atoms with Crippen LogP contribution in [0.4, 0.5) is 0 Å². The summed E-state index contributed by atoms with van der Waals surface area (Å²) in [5, 5.41) is 3.53. The maximum atomic E-state index is 5.63. The highest BCUT2D eigenvalue weighted by Crippen LogP contribution is 2.32. The molecular formula is C18H29NO2. The van der Waals surface area contributed by atoms with Gasteiger partial charge in [-0.2, -0.15) is 0 Å². The third kappa shape index (κ3) is 5.80. The summed E-state index contributed by atoms with van der Waals surface area (Å²) < 4.78 is 11.2. The van der Waals surface area contributed by atoms with Crippen LogP contribution in [-0.2, 0) is 0 Å². The van der Waals surface area contributed by atoms with Crippen LogP contribution in [0.15, 0.2) is 23.8 Å². The van der Waals surface area contributed by atoms with E-state index in [2.05, 4.69) is 45.2 Å². The molecule has 0 saturated heterocycles. The van der Waals surface area contributed by atoms with Gasteiger partial charge in [-0.15, -0.1) is 0 Å². The lowest BCUT2D eigenvalue weighted by Crippen LogP contribution is -2.36. The van der Waals surface area contributed by atoms with Crippen molar-refractivity contribution < 1.29 is 9.47 Å². The molecule has 0 saturated carbocycles. The molecule has 0 aliphatic heterocycles. The van der Waals surface area contributed by atoms with Crippen molar-refractivity contribution in [3.05, 3.63) is 29.3 Å². The van der Waals surface area contributed by atoms with Gasteiger partial charge in [-0.05, 0) is 40.2 Å². The van der Waals surface area contributed by atoms with Crippen molar-refractivity contribution in [2.75, 3.05) is 20.3 Å². The van der Waals surface area contributed by atoms with Gasteiger partial charge in [0.2, 0.25) is 0 Å². The first-order chi connectivity index (χ1) is 9.91. The van der Waals surface area contributed by atoms with E-state index < -0.39 is 0 Å². The molecule has 0 aliphatic rings. The second-order valence-corrected chi connectivity index (χ2v) is 6.07. The fourth-order valence-electron chi connectivity index (χ4n) is 2.01. The fraction of sp³-hybridized carbons (Fsp3) is 0.556. The van der Waals surface area contributed by atoms with Gasteiger partial charge < -0.3 is 14.8 Å². The maximum absolute atomic E-state index is 5.63. The average Bonchev–Trinajstić information content (AvgIpc) is 2.43. The van der Waals surface area contributed by atoms with Crippen molar-refractivity contribution in [3.63, 3.8) is 0 Å². The summed E-state index contributed by atoms with van der Waals surface area (Å²) in [6.07, 6.45) is 3.20. The highest BCUT2D eigenvalue weighted by Gasteiger charge is 2.11. The predicted octanol–water partition coefficient (Wildman–Crippen LogP) is 4.28. The zero-order chi connectivity index (χ0) is 15.9.